The van der Waals surface area contributed by atoms with Crippen LogP contribution in [0.25, 0.3) is 0 Å². The van der Waals surface area contributed by atoms with E-state index in [1.165, 1.54) is 5.56 Å². The zero-order valence-corrected chi connectivity index (χ0v) is 14.9. The number of aromatic nitrogens is 3. The van der Waals surface area contributed by atoms with E-state index in [0.717, 1.165) is 36.7 Å². The standard InChI is InChI=1S/C18H25N5O/c1-5-16(22-9-6-7-10-22)18(24)23-11-8-14-15(12-23)19-13(2)20-17(14)21(3)4/h6-7,9-10,16H,5,8,11-12H2,1-4H3/t16-/m0/s1. The highest BCUT2D eigenvalue weighted by molar-refractivity contribution is 5.80. The van der Waals surface area contributed by atoms with Crippen LogP contribution in [-0.4, -0.2) is 46.0 Å². The third kappa shape index (κ3) is 3.00. The molecule has 1 amide bonds. The molecule has 3 heterocycles. The molecule has 6 heteroatoms. The van der Waals surface area contributed by atoms with Crippen LogP contribution in [0.15, 0.2) is 24.5 Å². The molecule has 1 aliphatic heterocycles. The molecule has 128 valence electrons. The smallest absolute Gasteiger partial charge is 0.245 e. The monoisotopic (exact) mass is 327 g/mol. The van der Waals surface area contributed by atoms with Crippen molar-refractivity contribution in [3.05, 3.63) is 41.6 Å². The van der Waals surface area contributed by atoms with Gasteiger partial charge in [0.2, 0.25) is 5.91 Å². The summed E-state index contributed by atoms with van der Waals surface area (Å²) in [5.41, 5.74) is 2.15. The minimum absolute atomic E-state index is 0.141. The maximum absolute atomic E-state index is 13.0. The van der Waals surface area contributed by atoms with Crippen LogP contribution in [-0.2, 0) is 17.8 Å². The Hall–Kier alpha value is -2.37. The molecule has 0 unspecified atom stereocenters. The number of amides is 1. The third-order valence-electron chi connectivity index (χ3n) is 4.55. The van der Waals surface area contributed by atoms with Gasteiger partial charge >= 0.3 is 0 Å². The minimum atomic E-state index is -0.141. The number of carbonyl (C=O) groups excluding carboxylic acids is 1. The SMILES string of the molecule is CC[C@@H](C(=O)N1CCc2c(nc(C)nc2N(C)C)C1)n1cccc1. The largest absolute Gasteiger partial charge is 0.362 e. The Morgan fingerprint density at radius 1 is 1.29 bits per heavy atom. The molecule has 0 bridgehead atoms. The molecule has 0 radical (unpaired) electrons. The average molecular weight is 327 g/mol. The maximum Gasteiger partial charge on any atom is 0.245 e. The van der Waals surface area contributed by atoms with Crippen LogP contribution in [0.3, 0.4) is 0 Å². The summed E-state index contributed by atoms with van der Waals surface area (Å²) in [7, 11) is 4.00. The number of fused-ring (bicyclic) bond motifs is 1. The van der Waals surface area contributed by atoms with Gasteiger partial charge in [-0.3, -0.25) is 4.79 Å². The van der Waals surface area contributed by atoms with Gasteiger partial charge < -0.3 is 14.4 Å². The first-order valence-corrected chi connectivity index (χ1v) is 8.46. The molecule has 3 rings (SSSR count). The summed E-state index contributed by atoms with van der Waals surface area (Å²) < 4.78 is 1.99. The first-order valence-electron chi connectivity index (χ1n) is 8.46. The van der Waals surface area contributed by atoms with E-state index < -0.39 is 0 Å². The highest BCUT2D eigenvalue weighted by Crippen LogP contribution is 2.27. The zero-order valence-electron chi connectivity index (χ0n) is 14.9. The molecule has 6 nitrogen and oxygen atoms in total. The Kier molecular flexibility index (Phi) is 4.55. The second-order valence-electron chi connectivity index (χ2n) is 6.48. The molecule has 0 fully saturated rings. The molecule has 0 aromatic carbocycles. The molecule has 2 aromatic rings. The lowest BCUT2D eigenvalue weighted by molar-refractivity contribution is -0.135. The molecule has 0 N–H and O–H groups in total. The second-order valence-corrected chi connectivity index (χ2v) is 6.48. The Morgan fingerprint density at radius 2 is 2.00 bits per heavy atom. The van der Waals surface area contributed by atoms with Gasteiger partial charge in [-0.2, -0.15) is 0 Å². The van der Waals surface area contributed by atoms with E-state index in [0.29, 0.717) is 6.54 Å². The Labute approximate surface area is 143 Å². The second kappa shape index (κ2) is 6.63. The van der Waals surface area contributed by atoms with Crippen LogP contribution >= 0.6 is 0 Å². The minimum Gasteiger partial charge on any atom is -0.362 e. The van der Waals surface area contributed by atoms with E-state index in [9.17, 15) is 4.79 Å². The first kappa shape index (κ1) is 16.5. The average Bonchev–Trinajstić information content (AvgIpc) is 3.08. The molecular weight excluding hydrogens is 302 g/mol. The molecule has 2 aromatic heterocycles. The van der Waals surface area contributed by atoms with Gasteiger partial charge in [-0.15, -0.1) is 0 Å². The zero-order chi connectivity index (χ0) is 17.3. The quantitative estimate of drug-likeness (QED) is 0.864. The van der Waals surface area contributed by atoms with Crippen molar-refractivity contribution in [2.24, 2.45) is 0 Å². The van der Waals surface area contributed by atoms with Crippen LogP contribution in [0.1, 0.15) is 36.5 Å². The molecule has 0 saturated heterocycles. The van der Waals surface area contributed by atoms with Gasteiger partial charge in [0.1, 0.15) is 17.7 Å². The summed E-state index contributed by atoms with van der Waals surface area (Å²) >= 11 is 0. The Bertz CT molecular complexity index is 723. The fourth-order valence-corrected chi connectivity index (χ4v) is 3.37. The molecule has 1 atom stereocenters. The van der Waals surface area contributed by atoms with Crippen LogP contribution in [0.2, 0.25) is 0 Å². The van der Waals surface area contributed by atoms with Crippen molar-refractivity contribution in [1.29, 1.82) is 0 Å². The van der Waals surface area contributed by atoms with E-state index in [1.54, 1.807) is 0 Å². The van der Waals surface area contributed by atoms with Crippen molar-refractivity contribution in [1.82, 2.24) is 19.4 Å². The Morgan fingerprint density at radius 3 is 2.62 bits per heavy atom. The maximum atomic E-state index is 13.0. The van der Waals surface area contributed by atoms with Crippen molar-refractivity contribution >= 4 is 11.7 Å². The predicted molar refractivity (Wildman–Crippen MR) is 94.0 cm³/mol. The summed E-state index contributed by atoms with van der Waals surface area (Å²) in [6, 6.07) is 3.78. The molecular formula is C18H25N5O. The lowest BCUT2D eigenvalue weighted by Gasteiger charge is -2.33. The molecule has 0 spiro atoms. The van der Waals surface area contributed by atoms with Crippen LogP contribution in [0.5, 0.6) is 0 Å². The van der Waals surface area contributed by atoms with E-state index in [1.807, 2.05) is 59.9 Å². The number of hydrogen-bond donors (Lipinski definition) is 0. The van der Waals surface area contributed by atoms with Crippen molar-refractivity contribution in [2.45, 2.75) is 39.3 Å². The first-order chi connectivity index (χ1) is 11.5. The van der Waals surface area contributed by atoms with E-state index in [2.05, 4.69) is 16.9 Å². The van der Waals surface area contributed by atoms with Crippen LogP contribution in [0, 0.1) is 6.92 Å². The van der Waals surface area contributed by atoms with Crippen molar-refractivity contribution in [3.63, 3.8) is 0 Å². The van der Waals surface area contributed by atoms with Crippen molar-refractivity contribution in [2.75, 3.05) is 25.5 Å². The molecule has 0 saturated carbocycles. The summed E-state index contributed by atoms with van der Waals surface area (Å²) in [4.78, 5) is 26.1. The van der Waals surface area contributed by atoms with Crippen molar-refractivity contribution < 1.29 is 4.79 Å². The summed E-state index contributed by atoms with van der Waals surface area (Å²) in [6.07, 6.45) is 5.50. The summed E-state index contributed by atoms with van der Waals surface area (Å²) in [5, 5.41) is 0. The summed E-state index contributed by atoms with van der Waals surface area (Å²) in [5.74, 6) is 1.90. The van der Waals surface area contributed by atoms with Crippen LogP contribution < -0.4 is 4.90 Å². The van der Waals surface area contributed by atoms with Gasteiger partial charge in [-0.1, -0.05) is 6.92 Å². The van der Waals surface area contributed by atoms with E-state index >= 15 is 0 Å². The van der Waals surface area contributed by atoms with Gasteiger partial charge in [0.25, 0.3) is 0 Å². The lowest BCUT2D eigenvalue weighted by atomic mass is 10.0. The Balaban J connectivity index is 1.86. The number of carbonyl (C=O) groups is 1. The summed E-state index contributed by atoms with van der Waals surface area (Å²) in [6.45, 7) is 5.24. The van der Waals surface area contributed by atoms with Gasteiger partial charge in [-0.05, 0) is 31.9 Å². The van der Waals surface area contributed by atoms with Crippen molar-refractivity contribution in [3.8, 4) is 0 Å². The van der Waals surface area contributed by atoms with Crippen LogP contribution in [0.4, 0.5) is 5.82 Å². The van der Waals surface area contributed by atoms with Gasteiger partial charge in [0, 0.05) is 38.6 Å². The number of anilines is 1. The molecule has 1 aliphatic rings. The third-order valence-corrected chi connectivity index (χ3v) is 4.55. The lowest BCUT2D eigenvalue weighted by Crippen LogP contribution is -2.41. The highest BCUT2D eigenvalue weighted by Gasteiger charge is 2.29. The topological polar surface area (TPSA) is 54.3 Å². The van der Waals surface area contributed by atoms with Gasteiger partial charge in [0.05, 0.1) is 12.2 Å². The van der Waals surface area contributed by atoms with Gasteiger partial charge in [-0.25, -0.2) is 9.97 Å². The fraction of sp³-hybridized carbons (Fsp3) is 0.500. The number of nitrogens with zero attached hydrogens (tertiary/aromatic N) is 5. The fourth-order valence-electron chi connectivity index (χ4n) is 3.37. The highest BCUT2D eigenvalue weighted by atomic mass is 16.2. The normalized spacial score (nSPS) is 15.1. The number of aryl methyl sites for hydroxylation is 1. The molecule has 0 aliphatic carbocycles. The van der Waals surface area contributed by atoms with Gasteiger partial charge in [0.15, 0.2) is 0 Å². The number of rotatable bonds is 4. The van der Waals surface area contributed by atoms with E-state index in [-0.39, 0.29) is 11.9 Å². The van der Waals surface area contributed by atoms with E-state index in [4.69, 9.17) is 0 Å². The molecule has 24 heavy (non-hydrogen) atoms. The number of hydrogen-bond acceptors (Lipinski definition) is 4. The predicted octanol–water partition coefficient (Wildman–Crippen LogP) is 2.19.